The molecule has 1 atom stereocenters. The average molecular weight is 357 g/mol. The van der Waals surface area contributed by atoms with E-state index >= 15 is 0 Å². The van der Waals surface area contributed by atoms with E-state index in [0.29, 0.717) is 5.56 Å². The minimum atomic E-state index is -1.91. The Bertz CT molecular complexity index is 688. The Morgan fingerprint density at radius 1 is 1.26 bits per heavy atom. The highest BCUT2D eigenvalue weighted by Crippen LogP contribution is 2.26. The highest BCUT2D eigenvalue weighted by Gasteiger charge is 2.51. The van der Waals surface area contributed by atoms with Gasteiger partial charge in [-0.3, -0.25) is 25.0 Å². The molecular weight excluding hydrogens is 343 g/mol. The smallest absolute Gasteiger partial charge is 0.278 e. The Hall–Kier alpha value is -2.12. The van der Waals surface area contributed by atoms with Crippen molar-refractivity contribution in [1.29, 1.82) is 0 Å². The molecule has 1 aliphatic rings. The maximum absolute atomic E-state index is 12.3. The molecule has 0 saturated heterocycles. The first-order chi connectivity index (χ1) is 10.7. The summed E-state index contributed by atoms with van der Waals surface area (Å²) in [5.74, 6) is -1.88. The van der Waals surface area contributed by atoms with E-state index in [1.807, 2.05) is 6.92 Å². The second-order valence-electron chi connectivity index (χ2n) is 4.98. The van der Waals surface area contributed by atoms with Crippen molar-refractivity contribution >= 4 is 46.9 Å². The lowest BCUT2D eigenvalue weighted by Crippen LogP contribution is -2.58. The molecule has 0 spiro atoms. The van der Waals surface area contributed by atoms with E-state index in [9.17, 15) is 14.4 Å². The van der Waals surface area contributed by atoms with Gasteiger partial charge in [-0.1, -0.05) is 40.9 Å². The molecule has 9 heteroatoms. The number of hydrogen-bond donors (Lipinski definition) is 3. The van der Waals surface area contributed by atoms with Crippen LogP contribution < -0.4 is 16.0 Å². The number of nitrogens with one attached hydrogen (secondary N) is 3. The minimum Gasteiger partial charge on any atom is -0.317 e. The van der Waals surface area contributed by atoms with Crippen LogP contribution in [0.3, 0.4) is 0 Å². The van der Waals surface area contributed by atoms with E-state index in [-0.39, 0.29) is 5.96 Å². The van der Waals surface area contributed by atoms with Gasteiger partial charge in [-0.05, 0) is 19.1 Å². The first kappa shape index (κ1) is 17.2. The zero-order valence-corrected chi connectivity index (χ0v) is 13.8. The molecular formula is C14H14Cl2N4O3. The number of hydrogen-bond acceptors (Lipinski definition) is 4. The third-order valence-corrected chi connectivity index (χ3v) is 3.73. The molecule has 122 valence electrons. The van der Waals surface area contributed by atoms with Gasteiger partial charge in [0.05, 0.1) is 0 Å². The number of guanidine groups is 1. The largest absolute Gasteiger partial charge is 0.317 e. The molecule has 0 unspecified atom stereocenters. The molecule has 1 heterocycles. The van der Waals surface area contributed by atoms with Crippen LogP contribution in [0.4, 0.5) is 0 Å². The van der Waals surface area contributed by atoms with E-state index < -0.39 is 28.2 Å². The van der Waals surface area contributed by atoms with Crippen LogP contribution in [-0.4, -0.2) is 34.2 Å². The van der Waals surface area contributed by atoms with Crippen LogP contribution in [0.15, 0.2) is 29.3 Å². The first-order valence-corrected chi connectivity index (χ1v) is 7.48. The van der Waals surface area contributed by atoms with Crippen molar-refractivity contribution < 1.29 is 14.4 Å². The fourth-order valence-electron chi connectivity index (χ4n) is 1.92. The maximum Gasteiger partial charge on any atom is 0.278 e. The Balaban J connectivity index is 2.29. The molecule has 3 N–H and O–H groups in total. The molecule has 0 aromatic heterocycles. The first-order valence-electron chi connectivity index (χ1n) is 6.61. The Kier molecular flexibility index (Phi) is 4.91. The number of amides is 3. The van der Waals surface area contributed by atoms with Crippen molar-refractivity contribution in [3.8, 4) is 0 Å². The Morgan fingerprint density at radius 3 is 2.39 bits per heavy atom. The number of carbonyl (C=O) groups is 3. The molecule has 7 nitrogen and oxygen atoms in total. The fraction of sp³-hybridized carbons (Fsp3) is 0.286. The molecule has 1 aromatic rings. The van der Waals surface area contributed by atoms with Crippen LogP contribution in [0.25, 0.3) is 0 Å². The summed E-state index contributed by atoms with van der Waals surface area (Å²) in [5, 5.41) is 7.06. The highest BCUT2D eigenvalue weighted by molar-refractivity contribution is 6.47. The van der Waals surface area contributed by atoms with Crippen LogP contribution >= 0.6 is 23.2 Å². The molecule has 0 bridgehead atoms. The molecule has 23 heavy (non-hydrogen) atoms. The number of rotatable bonds is 3. The van der Waals surface area contributed by atoms with E-state index in [1.54, 1.807) is 24.3 Å². The zero-order chi connectivity index (χ0) is 17.2. The van der Waals surface area contributed by atoms with Crippen LogP contribution in [0.1, 0.15) is 22.8 Å². The van der Waals surface area contributed by atoms with Crippen molar-refractivity contribution in [3.63, 3.8) is 0 Å². The predicted octanol–water partition coefficient (Wildman–Crippen LogP) is 0.847. The van der Waals surface area contributed by atoms with Gasteiger partial charge in [0.1, 0.15) is 0 Å². The number of alkyl halides is 2. The zero-order valence-electron chi connectivity index (χ0n) is 12.3. The minimum absolute atomic E-state index is 0.127. The van der Waals surface area contributed by atoms with E-state index in [2.05, 4.69) is 20.9 Å². The van der Waals surface area contributed by atoms with Crippen molar-refractivity contribution in [2.75, 3.05) is 0 Å². The summed E-state index contributed by atoms with van der Waals surface area (Å²) in [5.41, 5.74) is -0.614. The van der Waals surface area contributed by atoms with Crippen LogP contribution in [0.2, 0.25) is 0 Å². The van der Waals surface area contributed by atoms with Gasteiger partial charge in [-0.15, -0.1) is 0 Å². The molecule has 0 saturated carbocycles. The molecule has 1 aromatic carbocycles. The number of halogens is 2. The van der Waals surface area contributed by atoms with E-state index in [4.69, 9.17) is 23.2 Å². The number of aryl methyl sites for hydroxylation is 1. The topological polar surface area (TPSA) is 99.7 Å². The third kappa shape index (κ3) is 3.62. The standard InChI is InChI=1S/C14H14Cl2N4O3/c1-7-3-5-9(6-4-7)10(22)19-14(11(15)16)12(23)18-13(20-14)17-8(2)21/h3-6,11H,1-2H3,(H,19,22)(H2,17,18,20,21,23)/t14-/m1/s1. The van der Waals surface area contributed by atoms with E-state index in [0.717, 1.165) is 5.56 Å². The summed E-state index contributed by atoms with van der Waals surface area (Å²) < 4.78 is 0. The summed E-state index contributed by atoms with van der Waals surface area (Å²) in [6, 6.07) is 6.70. The highest BCUT2D eigenvalue weighted by atomic mass is 35.5. The van der Waals surface area contributed by atoms with Gasteiger partial charge in [-0.2, -0.15) is 0 Å². The Morgan fingerprint density at radius 2 is 1.87 bits per heavy atom. The van der Waals surface area contributed by atoms with Gasteiger partial charge in [0.15, 0.2) is 4.84 Å². The lowest BCUT2D eigenvalue weighted by Gasteiger charge is -2.25. The quantitative estimate of drug-likeness (QED) is 0.699. The number of benzene rings is 1. The fourth-order valence-corrected chi connectivity index (χ4v) is 2.33. The summed E-state index contributed by atoms with van der Waals surface area (Å²) >= 11 is 11.7. The molecule has 0 aliphatic carbocycles. The Labute approximate surface area is 142 Å². The lowest BCUT2D eigenvalue weighted by molar-refractivity contribution is -0.124. The van der Waals surface area contributed by atoms with Crippen LogP contribution in [0.5, 0.6) is 0 Å². The summed E-state index contributed by atoms with van der Waals surface area (Å²) in [7, 11) is 0. The molecule has 0 fully saturated rings. The number of nitrogens with zero attached hydrogens (tertiary/aromatic N) is 1. The van der Waals surface area contributed by atoms with Crippen molar-refractivity contribution in [2.45, 2.75) is 24.3 Å². The molecule has 2 rings (SSSR count). The molecule has 1 aliphatic heterocycles. The van der Waals surface area contributed by atoms with Gasteiger partial charge in [0, 0.05) is 12.5 Å². The third-order valence-electron chi connectivity index (χ3n) is 3.09. The van der Waals surface area contributed by atoms with Crippen LogP contribution in [-0.2, 0) is 9.59 Å². The van der Waals surface area contributed by atoms with Crippen molar-refractivity contribution in [1.82, 2.24) is 16.0 Å². The van der Waals surface area contributed by atoms with Crippen molar-refractivity contribution in [2.24, 2.45) is 4.99 Å². The monoisotopic (exact) mass is 356 g/mol. The van der Waals surface area contributed by atoms with Crippen molar-refractivity contribution in [3.05, 3.63) is 35.4 Å². The van der Waals surface area contributed by atoms with E-state index in [1.165, 1.54) is 6.92 Å². The van der Waals surface area contributed by atoms with Gasteiger partial charge >= 0.3 is 0 Å². The average Bonchev–Trinajstić information content (AvgIpc) is 2.75. The second-order valence-corrected chi connectivity index (χ2v) is 6.08. The lowest BCUT2D eigenvalue weighted by atomic mass is 10.1. The number of carbonyl (C=O) groups excluding carboxylic acids is 3. The van der Waals surface area contributed by atoms with Crippen LogP contribution in [0, 0.1) is 6.92 Å². The van der Waals surface area contributed by atoms with Gasteiger partial charge in [0.2, 0.25) is 17.5 Å². The summed E-state index contributed by atoms with van der Waals surface area (Å²) in [6.45, 7) is 3.13. The van der Waals surface area contributed by atoms with Gasteiger partial charge < -0.3 is 5.32 Å². The molecule has 3 amide bonds. The molecule has 0 radical (unpaired) electrons. The van der Waals surface area contributed by atoms with Gasteiger partial charge in [0.25, 0.3) is 11.8 Å². The number of aliphatic imine (C=N–C) groups is 1. The normalized spacial score (nSPS) is 20.0. The summed E-state index contributed by atoms with van der Waals surface area (Å²) in [4.78, 5) is 38.2. The predicted molar refractivity (Wildman–Crippen MR) is 86.3 cm³/mol. The maximum atomic E-state index is 12.3. The van der Waals surface area contributed by atoms with Gasteiger partial charge in [-0.25, -0.2) is 4.99 Å². The summed E-state index contributed by atoms with van der Waals surface area (Å²) in [6.07, 6.45) is 0. The SMILES string of the molecule is CC(=O)NC1=N[C@](NC(=O)c2ccc(C)cc2)(C(Cl)Cl)C(=O)N1. The second kappa shape index (κ2) is 6.55.